The topological polar surface area (TPSA) is 12.5 Å². The Morgan fingerprint density at radius 3 is 2.25 bits per heavy atom. The van der Waals surface area contributed by atoms with Crippen molar-refractivity contribution in [3.63, 3.8) is 0 Å². The Balaban J connectivity index is 2.18. The van der Waals surface area contributed by atoms with Crippen LogP contribution in [0.25, 0.3) is 0 Å². The quantitative estimate of drug-likeness (QED) is 0.495. The highest BCUT2D eigenvalue weighted by molar-refractivity contribution is 4.87. The van der Waals surface area contributed by atoms with Gasteiger partial charge in [0.25, 0.3) is 0 Å². The van der Waals surface area contributed by atoms with E-state index in [1.54, 1.807) is 7.11 Å². The van der Waals surface area contributed by atoms with E-state index in [9.17, 15) is 0 Å². The van der Waals surface area contributed by atoms with Gasteiger partial charge in [0.2, 0.25) is 0 Å². The van der Waals surface area contributed by atoms with Crippen molar-refractivity contribution in [2.75, 3.05) is 14.2 Å². The highest BCUT2D eigenvalue weighted by Crippen LogP contribution is 2.33. The monoisotopic (exact) mass is 115 g/mol. The molecule has 0 N–H and O–H groups in total. The lowest BCUT2D eigenvalue weighted by Gasteiger charge is -2.11. The van der Waals surface area contributed by atoms with Crippen LogP contribution >= 0.6 is 0 Å². The number of rotatable bonds is 2. The molecule has 48 valence electrons. The highest BCUT2D eigenvalue weighted by Gasteiger charge is 2.36. The molecule has 0 saturated heterocycles. The fourth-order valence-electron chi connectivity index (χ4n) is 0.945. The minimum absolute atomic E-state index is 0.694. The molecule has 1 rings (SSSR count). The fourth-order valence-corrected chi connectivity index (χ4v) is 0.945. The van der Waals surface area contributed by atoms with Gasteiger partial charge in [-0.1, -0.05) is 6.92 Å². The third-order valence-corrected chi connectivity index (χ3v) is 1.82. The summed E-state index contributed by atoms with van der Waals surface area (Å²) in [5.74, 6) is 0.847. The Bertz CT molecular complexity index is 82.6. The van der Waals surface area contributed by atoms with Crippen LogP contribution in [0.15, 0.2) is 0 Å². The van der Waals surface area contributed by atoms with Crippen LogP contribution in [-0.4, -0.2) is 25.3 Å². The second-order valence-electron chi connectivity index (χ2n) is 2.51. The lowest BCUT2D eigenvalue weighted by molar-refractivity contribution is -0.119. The van der Waals surface area contributed by atoms with Crippen LogP contribution in [0.5, 0.6) is 0 Å². The van der Waals surface area contributed by atoms with Crippen molar-refractivity contribution < 1.29 is 4.84 Å². The largest absolute Gasteiger partial charge is 0.302 e. The summed E-state index contributed by atoms with van der Waals surface area (Å²) in [6, 6.07) is 0.694. The molecule has 0 aromatic rings. The first-order valence-electron chi connectivity index (χ1n) is 3.02. The Morgan fingerprint density at radius 2 is 2.12 bits per heavy atom. The normalized spacial score (nSPS) is 36.0. The number of hydroxylamine groups is 2. The van der Waals surface area contributed by atoms with Gasteiger partial charge < -0.3 is 4.84 Å². The third-order valence-electron chi connectivity index (χ3n) is 1.82. The molecule has 8 heavy (non-hydrogen) atoms. The smallest absolute Gasteiger partial charge is 0.0575 e. The average molecular weight is 115 g/mol. The second kappa shape index (κ2) is 2.03. The van der Waals surface area contributed by atoms with Crippen LogP contribution in [0.2, 0.25) is 0 Å². The van der Waals surface area contributed by atoms with Crippen LogP contribution in [0.4, 0.5) is 0 Å². The van der Waals surface area contributed by atoms with Gasteiger partial charge in [-0.25, -0.2) is 0 Å². The van der Waals surface area contributed by atoms with Crippen molar-refractivity contribution >= 4 is 0 Å². The van der Waals surface area contributed by atoms with Crippen LogP contribution in [-0.2, 0) is 4.84 Å². The van der Waals surface area contributed by atoms with Crippen molar-refractivity contribution in [2.45, 2.75) is 19.4 Å². The standard InChI is InChI=1S/C6H13NO/c1-5-4-6(5)7(2)8-3/h5-6H,4H2,1-3H3/t5?,6-/m0/s1. The van der Waals surface area contributed by atoms with Crippen LogP contribution in [0.1, 0.15) is 13.3 Å². The van der Waals surface area contributed by atoms with E-state index >= 15 is 0 Å². The maximum absolute atomic E-state index is 4.98. The molecule has 2 atom stereocenters. The van der Waals surface area contributed by atoms with Gasteiger partial charge in [0.1, 0.15) is 0 Å². The molecule has 1 saturated carbocycles. The maximum Gasteiger partial charge on any atom is 0.0575 e. The van der Waals surface area contributed by atoms with Crippen LogP contribution < -0.4 is 0 Å². The average Bonchev–Trinajstić information content (AvgIpc) is 2.45. The number of hydrogen-bond acceptors (Lipinski definition) is 2. The predicted octanol–water partition coefficient (Wildman–Crippen LogP) is 0.888. The zero-order chi connectivity index (χ0) is 6.15. The molecule has 0 aromatic heterocycles. The first-order chi connectivity index (χ1) is 3.75. The maximum atomic E-state index is 4.98. The molecule has 2 nitrogen and oxygen atoms in total. The van der Waals surface area contributed by atoms with E-state index in [1.807, 2.05) is 12.1 Å². The molecule has 0 aliphatic heterocycles. The van der Waals surface area contributed by atoms with Crippen molar-refractivity contribution in [3.8, 4) is 0 Å². The van der Waals surface area contributed by atoms with E-state index in [1.165, 1.54) is 6.42 Å². The van der Waals surface area contributed by atoms with Gasteiger partial charge in [-0.05, 0) is 12.3 Å². The molecule has 0 radical (unpaired) electrons. The zero-order valence-corrected chi connectivity index (χ0v) is 5.72. The minimum Gasteiger partial charge on any atom is -0.302 e. The van der Waals surface area contributed by atoms with Crippen LogP contribution in [0.3, 0.4) is 0 Å². The van der Waals surface area contributed by atoms with Gasteiger partial charge in [0, 0.05) is 13.1 Å². The molecule has 0 spiro atoms. The van der Waals surface area contributed by atoms with Crippen molar-refractivity contribution in [1.82, 2.24) is 5.06 Å². The molecule has 1 fully saturated rings. The summed E-state index contributed by atoms with van der Waals surface area (Å²) in [4.78, 5) is 4.98. The summed E-state index contributed by atoms with van der Waals surface area (Å²) < 4.78 is 0. The zero-order valence-electron chi connectivity index (χ0n) is 5.72. The summed E-state index contributed by atoms with van der Waals surface area (Å²) >= 11 is 0. The van der Waals surface area contributed by atoms with Crippen molar-refractivity contribution in [3.05, 3.63) is 0 Å². The molecule has 0 heterocycles. The van der Waals surface area contributed by atoms with Gasteiger partial charge in [0.05, 0.1) is 7.11 Å². The van der Waals surface area contributed by atoms with Gasteiger partial charge in [-0.2, -0.15) is 5.06 Å². The molecule has 1 aliphatic carbocycles. The van der Waals surface area contributed by atoms with Gasteiger partial charge in [-0.3, -0.25) is 0 Å². The van der Waals surface area contributed by atoms with Gasteiger partial charge in [-0.15, -0.1) is 0 Å². The Kier molecular flexibility index (Phi) is 1.54. The SMILES string of the molecule is CON(C)[C@H]1CC1C. The summed E-state index contributed by atoms with van der Waals surface area (Å²) in [6.07, 6.45) is 1.30. The first-order valence-corrected chi connectivity index (χ1v) is 3.02. The highest BCUT2D eigenvalue weighted by atomic mass is 16.7. The van der Waals surface area contributed by atoms with E-state index < -0.39 is 0 Å². The van der Waals surface area contributed by atoms with E-state index in [0.717, 1.165) is 5.92 Å². The Hall–Kier alpha value is -0.0800. The molecular formula is C6H13NO. The Morgan fingerprint density at radius 1 is 1.62 bits per heavy atom. The number of nitrogens with zero attached hydrogens (tertiary/aromatic N) is 1. The van der Waals surface area contributed by atoms with Crippen LogP contribution in [0, 0.1) is 5.92 Å². The summed E-state index contributed by atoms with van der Waals surface area (Å²) in [6.45, 7) is 2.24. The van der Waals surface area contributed by atoms with E-state index in [-0.39, 0.29) is 0 Å². The minimum atomic E-state index is 0.694. The second-order valence-corrected chi connectivity index (χ2v) is 2.51. The first kappa shape index (κ1) is 6.05. The molecule has 1 aliphatic rings. The van der Waals surface area contributed by atoms with Gasteiger partial charge >= 0.3 is 0 Å². The molecule has 2 heteroatoms. The van der Waals surface area contributed by atoms with Gasteiger partial charge in [0.15, 0.2) is 0 Å². The molecular weight excluding hydrogens is 102 g/mol. The van der Waals surface area contributed by atoms with E-state index in [2.05, 4.69) is 6.92 Å². The van der Waals surface area contributed by atoms with Crippen molar-refractivity contribution in [1.29, 1.82) is 0 Å². The lowest BCUT2D eigenvalue weighted by Crippen LogP contribution is -2.19. The fraction of sp³-hybridized carbons (Fsp3) is 1.00. The number of hydrogen-bond donors (Lipinski definition) is 0. The predicted molar refractivity (Wildman–Crippen MR) is 32.3 cm³/mol. The summed E-state index contributed by atoms with van der Waals surface area (Å²) in [5.41, 5.74) is 0. The molecule has 0 amide bonds. The van der Waals surface area contributed by atoms with E-state index in [4.69, 9.17) is 4.84 Å². The Labute approximate surface area is 50.4 Å². The summed E-state index contributed by atoms with van der Waals surface area (Å²) in [7, 11) is 3.69. The molecule has 1 unspecified atom stereocenters. The lowest BCUT2D eigenvalue weighted by atomic mass is 10.5. The van der Waals surface area contributed by atoms with E-state index in [0.29, 0.717) is 6.04 Å². The molecule has 0 aromatic carbocycles. The van der Waals surface area contributed by atoms with Crippen molar-refractivity contribution in [2.24, 2.45) is 5.92 Å². The summed E-state index contributed by atoms with van der Waals surface area (Å²) in [5, 5.41) is 1.92. The molecule has 0 bridgehead atoms. The third kappa shape index (κ3) is 1.01.